The molecular weight excluding hydrogens is 236 g/mol. The molecule has 17 heavy (non-hydrogen) atoms. The second kappa shape index (κ2) is 4.22. The van der Waals surface area contributed by atoms with E-state index < -0.39 is 0 Å². The highest BCUT2D eigenvalue weighted by Crippen LogP contribution is 2.36. The summed E-state index contributed by atoms with van der Waals surface area (Å²) in [6, 6.07) is 6.56. The number of rotatable bonds is 3. The molecule has 3 rings (SSSR count). The molecule has 0 radical (unpaired) electrons. The quantitative estimate of drug-likeness (QED) is 0.780. The minimum Gasteiger partial charge on any atom is -0.497 e. The van der Waals surface area contributed by atoms with Crippen molar-refractivity contribution in [2.75, 3.05) is 7.11 Å². The van der Waals surface area contributed by atoms with Crippen LogP contribution in [0.1, 0.15) is 31.1 Å². The lowest BCUT2D eigenvalue weighted by Gasteiger charge is -2.28. The number of alkyl halides is 1. The van der Waals surface area contributed by atoms with Crippen LogP contribution < -0.4 is 4.74 Å². The van der Waals surface area contributed by atoms with Gasteiger partial charge in [0.05, 0.1) is 24.0 Å². The van der Waals surface area contributed by atoms with E-state index in [1.807, 2.05) is 12.1 Å². The molecule has 0 saturated heterocycles. The largest absolute Gasteiger partial charge is 0.497 e. The molecule has 4 heteroatoms. The lowest BCUT2D eigenvalue weighted by Crippen LogP contribution is -2.18. The maximum absolute atomic E-state index is 5.99. The number of methoxy groups -OCH3 is 1. The number of ether oxygens (including phenoxy) is 1. The number of imidazole rings is 1. The number of aromatic nitrogens is 2. The van der Waals surface area contributed by atoms with Gasteiger partial charge in [0.2, 0.25) is 0 Å². The van der Waals surface area contributed by atoms with E-state index in [0.29, 0.717) is 11.9 Å². The Hall–Kier alpha value is -1.22. The van der Waals surface area contributed by atoms with E-state index in [2.05, 4.69) is 15.6 Å². The Morgan fingerprint density at radius 1 is 1.47 bits per heavy atom. The summed E-state index contributed by atoms with van der Waals surface area (Å²) in [5.41, 5.74) is 2.15. The van der Waals surface area contributed by atoms with Crippen molar-refractivity contribution in [2.45, 2.75) is 31.2 Å². The number of fused-ring (bicyclic) bond motifs is 1. The second-order valence-corrected chi connectivity index (χ2v) is 4.74. The first-order valence-electron chi connectivity index (χ1n) is 5.94. The fourth-order valence-electron chi connectivity index (χ4n) is 2.40. The zero-order valence-electron chi connectivity index (χ0n) is 9.82. The summed E-state index contributed by atoms with van der Waals surface area (Å²) in [7, 11) is 1.69. The Kier molecular flexibility index (Phi) is 2.71. The zero-order chi connectivity index (χ0) is 11.8. The number of hydrogen-bond acceptors (Lipinski definition) is 2. The first-order chi connectivity index (χ1) is 8.33. The SMILES string of the molecule is COc1ccc2nc(CCl)n(C3CCC3)c2c1. The van der Waals surface area contributed by atoms with Crippen LogP contribution in [0.2, 0.25) is 0 Å². The number of benzene rings is 1. The third-order valence-corrected chi connectivity index (χ3v) is 3.77. The molecule has 1 saturated carbocycles. The fraction of sp³-hybridized carbons (Fsp3) is 0.462. The molecule has 0 bridgehead atoms. The number of hydrogen-bond donors (Lipinski definition) is 0. The molecule has 1 aromatic carbocycles. The van der Waals surface area contributed by atoms with E-state index in [4.69, 9.17) is 16.3 Å². The molecule has 1 aliphatic rings. The number of nitrogens with zero attached hydrogens (tertiary/aromatic N) is 2. The maximum atomic E-state index is 5.99. The summed E-state index contributed by atoms with van der Waals surface area (Å²) in [5, 5.41) is 0. The summed E-state index contributed by atoms with van der Waals surface area (Å²) < 4.78 is 7.56. The van der Waals surface area contributed by atoms with E-state index in [1.54, 1.807) is 7.11 Å². The zero-order valence-corrected chi connectivity index (χ0v) is 10.6. The Labute approximate surface area is 105 Å². The summed E-state index contributed by atoms with van der Waals surface area (Å²) >= 11 is 5.99. The third-order valence-electron chi connectivity index (χ3n) is 3.53. The van der Waals surface area contributed by atoms with Gasteiger partial charge in [-0.2, -0.15) is 0 Å². The van der Waals surface area contributed by atoms with Gasteiger partial charge in [-0.15, -0.1) is 11.6 Å². The average molecular weight is 251 g/mol. The van der Waals surface area contributed by atoms with E-state index in [1.165, 1.54) is 19.3 Å². The fourth-order valence-corrected chi connectivity index (χ4v) is 2.58. The van der Waals surface area contributed by atoms with Crippen molar-refractivity contribution in [3.63, 3.8) is 0 Å². The summed E-state index contributed by atoms with van der Waals surface area (Å²) in [5.74, 6) is 2.31. The molecule has 2 aromatic rings. The van der Waals surface area contributed by atoms with Crippen molar-refractivity contribution in [1.29, 1.82) is 0 Å². The van der Waals surface area contributed by atoms with Gasteiger partial charge >= 0.3 is 0 Å². The summed E-state index contributed by atoms with van der Waals surface area (Å²) in [6.07, 6.45) is 3.76. The summed E-state index contributed by atoms with van der Waals surface area (Å²) in [4.78, 5) is 4.58. The number of halogens is 1. The van der Waals surface area contributed by atoms with Gasteiger partial charge < -0.3 is 9.30 Å². The van der Waals surface area contributed by atoms with Crippen LogP contribution >= 0.6 is 11.6 Å². The molecule has 3 nitrogen and oxygen atoms in total. The van der Waals surface area contributed by atoms with Gasteiger partial charge in [-0.1, -0.05) is 0 Å². The molecule has 1 aromatic heterocycles. The van der Waals surface area contributed by atoms with Crippen molar-refractivity contribution in [3.05, 3.63) is 24.0 Å². The molecule has 90 valence electrons. The second-order valence-electron chi connectivity index (χ2n) is 4.47. The minimum atomic E-state index is 0.466. The lowest BCUT2D eigenvalue weighted by molar-refractivity contribution is 0.315. The highest BCUT2D eigenvalue weighted by molar-refractivity contribution is 6.16. The van der Waals surface area contributed by atoms with E-state index in [9.17, 15) is 0 Å². The Balaban J connectivity index is 2.19. The third kappa shape index (κ3) is 1.69. The van der Waals surface area contributed by atoms with Crippen LogP contribution in [0, 0.1) is 0 Å². The average Bonchev–Trinajstić information content (AvgIpc) is 2.65. The van der Waals surface area contributed by atoms with Crippen molar-refractivity contribution in [1.82, 2.24) is 9.55 Å². The van der Waals surface area contributed by atoms with Crippen LogP contribution in [0.4, 0.5) is 0 Å². The maximum Gasteiger partial charge on any atom is 0.125 e. The van der Waals surface area contributed by atoms with Crippen LogP contribution in [0.15, 0.2) is 18.2 Å². The van der Waals surface area contributed by atoms with Crippen LogP contribution in [0.25, 0.3) is 11.0 Å². The molecule has 0 N–H and O–H groups in total. The van der Waals surface area contributed by atoms with Gasteiger partial charge in [0.1, 0.15) is 11.6 Å². The van der Waals surface area contributed by atoms with Gasteiger partial charge in [0, 0.05) is 12.1 Å². The minimum absolute atomic E-state index is 0.466. The van der Waals surface area contributed by atoms with Gasteiger partial charge in [-0.3, -0.25) is 0 Å². The Morgan fingerprint density at radius 3 is 2.88 bits per heavy atom. The Bertz CT molecular complexity index is 546. The molecule has 0 spiro atoms. The van der Waals surface area contributed by atoms with Gasteiger partial charge in [0.25, 0.3) is 0 Å². The molecular formula is C13H15ClN2O. The van der Waals surface area contributed by atoms with Crippen LogP contribution in [0.3, 0.4) is 0 Å². The first-order valence-corrected chi connectivity index (χ1v) is 6.47. The predicted octanol–water partition coefficient (Wildman–Crippen LogP) is 3.51. The molecule has 0 unspecified atom stereocenters. The van der Waals surface area contributed by atoms with Crippen LogP contribution in [-0.4, -0.2) is 16.7 Å². The predicted molar refractivity (Wildman–Crippen MR) is 68.7 cm³/mol. The molecule has 1 heterocycles. The van der Waals surface area contributed by atoms with Crippen molar-refractivity contribution >= 4 is 22.6 Å². The molecule has 1 aliphatic carbocycles. The van der Waals surface area contributed by atoms with Crippen molar-refractivity contribution in [2.24, 2.45) is 0 Å². The standard InChI is InChI=1S/C13H15ClN2O/c1-17-10-5-6-11-12(7-10)16(9-3-2-4-9)13(8-14)15-11/h5-7,9H,2-4,8H2,1H3. The highest BCUT2D eigenvalue weighted by Gasteiger charge is 2.24. The van der Waals surface area contributed by atoms with Crippen LogP contribution in [0.5, 0.6) is 5.75 Å². The van der Waals surface area contributed by atoms with Gasteiger partial charge in [-0.05, 0) is 31.4 Å². The molecule has 0 atom stereocenters. The smallest absolute Gasteiger partial charge is 0.125 e. The van der Waals surface area contributed by atoms with Crippen LogP contribution in [-0.2, 0) is 5.88 Å². The lowest BCUT2D eigenvalue weighted by atomic mass is 9.92. The topological polar surface area (TPSA) is 27.1 Å². The normalized spacial score (nSPS) is 16.1. The van der Waals surface area contributed by atoms with E-state index >= 15 is 0 Å². The van der Waals surface area contributed by atoms with Gasteiger partial charge in [-0.25, -0.2) is 4.98 Å². The van der Waals surface area contributed by atoms with Gasteiger partial charge in [0.15, 0.2) is 0 Å². The van der Waals surface area contributed by atoms with E-state index in [-0.39, 0.29) is 0 Å². The highest BCUT2D eigenvalue weighted by atomic mass is 35.5. The monoisotopic (exact) mass is 250 g/mol. The summed E-state index contributed by atoms with van der Waals surface area (Å²) in [6.45, 7) is 0. The van der Waals surface area contributed by atoms with Crippen molar-refractivity contribution < 1.29 is 4.74 Å². The molecule has 0 amide bonds. The first kappa shape index (κ1) is 10.9. The van der Waals surface area contributed by atoms with Crippen molar-refractivity contribution in [3.8, 4) is 5.75 Å². The Morgan fingerprint density at radius 2 is 2.29 bits per heavy atom. The van der Waals surface area contributed by atoms with E-state index in [0.717, 1.165) is 22.6 Å². The molecule has 1 fully saturated rings. The molecule has 0 aliphatic heterocycles.